The Balaban J connectivity index is 2.08. The van der Waals surface area contributed by atoms with Crippen molar-refractivity contribution in [2.75, 3.05) is 6.61 Å². The van der Waals surface area contributed by atoms with Crippen LogP contribution in [0.5, 0.6) is 0 Å². The lowest BCUT2D eigenvalue weighted by Crippen LogP contribution is -2.47. The molecule has 0 saturated heterocycles. The fourth-order valence-electron chi connectivity index (χ4n) is 2.37. The summed E-state index contributed by atoms with van der Waals surface area (Å²) >= 11 is 5.76. The molecule has 2 amide bonds. The van der Waals surface area contributed by atoms with Crippen LogP contribution in [0.15, 0.2) is 53.6 Å². The number of hydrogen-bond donors (Lipinski definition) is 2. The molecule has 29 heavy (non-hydrogen) atoms. The number of halogens is 1. The minimum Gasteiger partial charge on any atom is -0.450 e. The van der Waals surface area contributed by atoms with Crippen molar-refractivity contribution in [3.05, 3.63) is 74.8 Å². The fourth-order valence-corrected chi connectivity index (χ4v) is 2.56. The molecule has 1 atom stereocenters. The Morgan fingerprint density at radius 2 is 2.00 bits per heavy atom. The third-order valence-corrected chi connectivity index (χ3v) is 4.04. The largest absolute Gasteiger partial charge is 0.450 e. The number of hydrazone groups is 1. The number of amides is 2. The zero-order valence-corrected chi connectivity index (χ0v) is 16.3. The number of nitro groups is 1. The molecule has 0 aliphatic heterocycles. The second-order valence-electron chi connectivity index (χ2n) is 5.81. The standard InChI is InChI=1S/C19H19ClN4O5/c1-2-29-19(26)22-16(10-13-6-4-3-5-7-13)18(25)23-21-12-14-8-9-15(20)17(11-14)24(27)28/h3-9,11-12,16H,2,10H2,1H3,(H,22,26)(H,23,25)/b21-12-/t16-/m0/s1. The van der Waals surface area contributed by atoms with E-state index in [1.54, 1.807) is 6.92 Å². The van der Waals surface area contributed by atoms with Gasteiger partial charge in [-0.3, -0.25) is 14.9 Å². The maximum Gasteiger partial charge on any atom is 0.407 e. The third kappa shape index (κ3) is 6.89. The first-order valence-corrected chi connectivity index (χ1v) is 9.02. The van der Waals surface area contributed by atoms with E-state index in [0.717, 1.165) is 5.56 Å². The molecule has 10 heteroatoms. The first-order valence-electron chi connectivity index (χ1n) is 8.64. The van der Waals surface area contributed by atoms with Gasteiger partial charge in [0, 0.05) is 18.1 Å². The number of benzene rings is 2. The SMILES string of the molecule is CCOC(=O)N[C@@H](Cc1ccccc1)C(=O)N/N=C\c1ccc(Cl)c([N+](=O)[O-])c1. The van der Waals surface area contributed by atoms with E-state index in [2.05, 4.69) is 15.8 Å². The number of hydrogen-bond acceptors (Lipinski definition) is 6. The van der Waals surface area contributed by atoms with Crippen molar-refractivity contribution in [2.24, 2.45) is 5.10 Å². The number of carbonyl (C=O) groups excluding carboxylic acids is 2. The van der Waals surface area contributed by atoms with Crippen LogP contribution in [0.2, 0.25) is 5.02 Å². The quantitative estimate of drug-likeness (QED) is 0.387. The lowest BCUT2D eigenvalue weighted by molar-refractivity contribution is -0.384. The minimum atomic E-state index is -0.923. The number of carbonyl (C=O) groups is 2. The van der Waals surface area contributed by atoms with Crippen LogP contribution >= 0.6 is 11.6 Å². The summed E-state index contributed by atoms with van der Waals surface area (Å²) in [7, 11) is 0. The second-order valence-corrected chi connectivity index (χ2v) is 6.22. The van der Waals surface area contributed by atoms with Crippen LogP contribution in [0, 0.1) is 10.1 Å². The molecule has 0 bridgehead atoms. The maximum atomic E-state index is 12.5. The van der Waals surface area contributed by atoms with Crippen LogP contribution in [0.3, 0.4) is 0 Å². The average molecular weight is 419 g/mol. The summed E-state index contributed by atoms with van der Waals surface area (Å²) in [6.45, 7) is 1.82. The Bertz CT molecular complexity index is 905. The lowest BCUT2D eigenvalue weighted by Gasteiger charge is -2.16. The molecule has 9 nitrogen and oxygen atoms in total. The smallest absolute Gasteiger partial charge is 0.407 e. The molecule has 0 aliphatic rings. The molecule has 0 radical (unpaired) electrons. The molecule has 0 aromatic heterocycles. The highest BCUT2D eigenvalue weighted by Gasteiger charge is 2.21. The number of rotatable bonds is 8. The van der Waals surface area contributed by atoms with Crippen molar-refractivity contribution in [2.45, 2.75) is 19.4 Å². The summed E-state index contributed by atoms with van der Waals surface area (Å²) in [6, 6.07) is 12.3. The van der Waals surface area contributed by atoms with Crippen molar-refractivity contribution in [3.63, 3.8) is 0 Å². The molecular weight excluding hydrogens is 400 g/mol. The van der Waals surface area contributed by atoms with Gasteiger partial charge >= 0.3 is 6.09 Å². The molecule has 0 heterocycles. The molecule has 2 aromatic rings. The highest BCUT2D eigenvalue weighted by molar-refractivity contribution is 6.32. The van der Waals surface area contributed by atoms with Gasteiger partial charge in [0.15, 0.2) is 0 Å². The molecule has 0 spiro atoms. The predicted octanol–water partition coefficient (Wildman–Crippen LogP) is 3.06. The predicted molar refractivity (Wildman–Crippen MR) is 108 cm³/mol. The van der Waals surface area contributed by atoms with Gasteiger partial charge in [-0.05, 0) is 18.6 Å². The van der Waals surface area contributed by atoms with Crippen LogP contribution in [-0.2, 0) is 16.0 Å². The van der Waals surface area contributed by atoms with E-state index >= 15 is 0 Å². The normalized spacial score (nSPS) is 11.7. The van der Waals surface area contributed by atoms with Crippen LogP contribution in [-0.4, -0.2) is 35.8 Å². The van der Waals surface area contributed by atoms with Crippen molar-refractivity contribution in [1.82, 2.24) is 10.7 Å². The maximum absolute atomic E-state index is 12.5. The molecule has 2 N–H and O–H groups in total. The van der Waals surface area contributed by atoms with Crippen molar-refractivity contribution in [3.8, 4) is 0 Å². The molecule has 2 aromatic carbocycles. The van der Waals surface area contributed by atoms with Gasteiger partial charge in [-0.25, -0.2) is 10.2 Å². The van der Waals surface area contributed by atoms with E-state index in [0.29, 0.717) is 5.56 Å². The highest BCUT2D eigenvalue weighted by Crippen LogP contribution is 2.24. The Labute approximate surface area is 171 Å². The zero-order chi connectivity index (χ0) is 21.2. The van der Waals surface area contributed by atoms with Gasteiger partial charge in [-0.2, -0.15) is 5.10 Å². The van der Waals surface area contributed by atoms with E-state index in [4.69, 9.17) is 16.3 Å². The van der Waals surface area contributed by atoms with Gasteiger partial charge in [0.1, 0.15) is 11.1 Å². The summed E-state index contributed by atoms with van der Waals surface area (Å²) < 4.78 is 4.84. The first-order chi connectivity index (χ1) is 13.9. The van der Waals surface area contributed by atoms with Gasteiger partial charge in [-0.15, -0.1) is 0 Å². The first kappa shape index (κ1) is 21.8. The monoisotopic (exact) mass is 418 g/mol. The molecule has 152 valence electrons. The number of nitro benzene ring substituents is 1. The Morgan fingerprint density at radius 3 is 2.66 bits per heavy atom. The molecule has 0 aliphatic carbocycles. The van der Waals surface area contributed by atoms with Gasteiger partial charge in [0.2, 0.25) is 0 Å². The van der Waals surface area contributed by atoms with Crippen LogP contribution in [0.1, 0.15) is 18.1 Å². The summed E-state index contributed by atoms with van der Waals surface area (Å²) in [5, 5.41) is 17.2. The van der Waals surface area contributed by atoms with E-state index in [9.17, 15) is 19.7 Å². The van der Waals surface area contributed by atoms with Gasteiger partial charge < -0.3 is 10.1 Å². The van der Waals surface area contributed by atoms with E-state index in [1.165, 1.54) is 24.4 Å². The number of nitrogens with one attached hydrogen (secondary N) is 2. The summed E-state index contributed by atoms with van der Waals surface area (Å²) in [5.74, 6) is -0.568. The Morgan fingerprint density at radius 1 is 1.28 bits per heavy atom. The average Bonchev–Trinajstić information content (AvgIpc) is 2.69. The molecule has 0 unspecified atom stereocenters. The molecule has 2 rings (SSSR count). The second kappa shape index (κ2) is 10.8. The minimum absolute atomic E-state index is 0.00209. The fraction of sp³-hybridized carbons (Fsp3) is 0.211. The number of ether oxygens (including phenoxy) is 1. The van der Waals surface area contributed by atoms with E-state index in [-0.39, 0.29) is 23.7 Å². The van der Waals surface area contributed by atoms with Crippen molar-refractivity contribution >= 4 is 35.5 Å². The van der Waals surface area contributed by atoms with Crippen molar-refractivity contribution in [1.29, 1.82) is 0 Å². The molecule has 0 fully saturated rings. The lowest BCUT2D eigenvalue weighted by atomic mass is 10.1. The highest BCUT2D eigenvalue weighted by atomic mass is 35.5. The summed E-state index contributed by atoms with van der Waals surface area (Å²) in [4.78, 5) is 34.5. The van der Waals surface area contributed by atoms with Crippen LogP contribution in [0.25, 0.3) is 0 Å². The Kier molecular flexibility index (Phi) is 8.11. The summed E-state index contributed by atoms with van der Waals surface area (Å²) in [6.07, 6.45) is 0.749. The summed E-state index contributed by atoms with van der Waals surface area (Å²) in [5.41, 5.74) is 3.26. The topological polar surface area (TPSA) is 123 Å². The van der Waals surface area contributed by atoms with Gasteiger partial charge in [0.25, 0.3) is 11.6 Å². The van der Waals surface area contributed by atoms with E-state index < -0.39 is 23.0 Å². The van der Waals surface area contributed by atoms with Crippen LogP contribution < -0.4 is 10.7 Å². The third-order valence-electron chi connectivity index (χ3n) is 3.72. The number of nitrogens with zero attached hydrogens (tertiary/aromatic N) is 2. The molecular formula is C19H19ClN4O5. The zero-order valence-electron chi connectivity index (χ0n) is 15.5. The molecule has 0 saturated carbocycles. The van der Waals surface area contributed by atoms with E-state index in [1.807, 2.05) is 30.3 Å². The van der Waals surface area contributed by atoms with Gasteiger partial charge in [-0.1, -0.05) is 48.0 Å². The van der Waals surface area contributed by atoms with Gasteiger partial charge in [0.05, 0.1) is 17.7 Å². The number of alkyl carbamates (subject to hydrolysis) is 1. The Hall–Kier alpha value is -3.46. The van der Waals surface area contributed by atoms with Crippen molar-refractivity contribution < 1.29 is 19.2 Å². The van der Waals surface area contributed by atoms with Crippen LogP contribution in [0.4, 0.5) is 10.5 Å².